The molecular formula is C14H20FNO2. The SMILES string of the molecule is CC(C)N1C(=O)O[C@H](C2(C)C=CC(F)=CC2)[C@@H]1C. The lowest BCUT2D eigenvalue weighted by Crippen LogP contribution is -2.44. The maximum Gasteiger partial charge on any atom is 0.410 e. The first kappa shape index (κ1) is 13.1. The van der Waals surface area contributed by atoms with Gasteiger partial charge in [-0.1, -0.05) is 13.0 Å². The fourth-order valence-electron chi connectivity index (χ4n) is 2.88. The zero-order chi connectivity index (χ0) is 13.5. The monoisotopic (exact) mass is 253 g/mol. The molecule has 2 rings (SSSR count). The van der Waals surface area contributed by atoms with Crippen LogP contribution in [-0.2, 0) is 4.74 Å². The lowest BCUT2D eigenvalue weighted by Gasteiger charge is -2.35. The van der Waals surface area contributed by atoms with Gasteiger partial charge in [0.15, 0.2) is 0 Å². The van der Waals surface area contributed by atoms with Crippen molar-refractivity contribution < 1.29 is 13.9 Å². The second kappa shape index (κ2) is 4.41. The number of nitrogens with zero attached hydrogens (tertiary/aromatic N) is 1. The molecule has 1 amide bonds. The van der Waals surface area contributed by atoms with E-state index in [0.29, 0.717) is 6.42 Å². The van der Waals surface area contributed by atoms with Crippen molar-refractivity contribution in [3.05, 3.63) is 24.1 Å². The molecule has 100 valence electrons. The van der Waals surface area contributed by atoms with Gasteiger partial charge in [-0.15, -0.1) is 0 Å². The van der Waals surface area contributed by atoms with Gasteiger partial charge in [-0.2, -0.15) is 0 Å². The largest absolute Gasteiger partial charge is 0.443 e. The standard InChI is InChI=1S/C14H20FNO2/c1-9(2)16-10(3)12(18-13(16)17)14(4)7-5-11(15)6-8-14/h5-7,9-10,12H,8H2,1-4H3/t10-,12-,14?/m0/s1. The highest BCUT2D eigenvalue weighted by atomic mass is 19.1. The van der Waals surface area contributed by atoms with Crippen molar-refractivity contribution in [2.45, 2.75) is 52.3 Å². The number of hydrogen-bond donors (Lipinski definition) is 0. The number of rotatable bonds is 2. The molecule has 1 fully saturated rings. The number of carbonyl (C=O) groups excluding carboxylic acids is 1. The van der Waals surface area contributed by atoms with Crippen LogP contribution in [0.5, 0.6) is 0 Å². The maximum atomic E-state index is 13.0. The zero-order valence-electron chi connectivity index (χ0n) is 11.3. The Hall–Kier alpha value is -1.32. The van der Waals surface area contributed by atoms with Gasteiger partial charge in [0.1, 0.15) is 11.9 Å². The summed E-state index contributed by atoms with van der Waals surface area (Å²) in [6, 6.07) is 0.114. The molecule has 1 saturated heterocycles. The third kappa shape index (κ3) is 2.04. The van der Waals surface area contributed by atoms with Crippen LogP contribution in [0.2, 0.25) is 0 Å². The van der Waals surface area contributed by atoms with Crippen LogP contribution in [0.15, 0.2) is 24.1 Å². The summed E-state index contributed by atoms with van der Waals surface area (Å²) in [4.78, 5) is 13.6. The fourth-order valence-corrected chi connectivity index (χ4v) is 2.88. The van der Waals surface area contributed by atoms with Gasteiger partial charge in [-0.25, -0.2) is 9.18 Å². The summed E-state index contributed by atoms with van der Waals surface area (Å²) in [7, 11) is 0. The Kier molecular flexibility index (Phi) is 3.21. The van der Waals surface area contributed by atoms with Gasteiger partial charge in [-0.3, -0.25) is 4.90 Å². The lowest BCUT2D eigenvalue weighted by atomic mass is 9.76. The van der Waals surface area contributed by atoms with E-state index in [-0.39, 0.29) is 35.5 Å². The Morgan fingerprint density at radius 3 is 2.67 bits per heavy atom. The van der Waals surface area contributed by atoms with Crippen LogP contribution >= 0.6 is 0 Å². The summed E-state index contributed by atoms with van der Waals surface area (Å²) in [5.41, 5.74) is -0.325. The van der Waals surface area contributed by atoms with Crippen LogP contribution in [0.1, 0.15) is 34.1 Å². The van der Waals surface area contributed by atoms with Gasteiger partial charge in [0, 0.05) is 11.5 Å². The van der Waals surface area contributed by atoms with E-state index < -0.39 is 0 Å². The fraction of sp³-hybridized carbons (Fsp3) is 0.643. The van der Waals surface area contributed by atoms with Gasteiger partial charge in [0.05, 0.1) is 6.04 Å². The van der Waals surface area contributed by atoms with Crippen LogP contribution in [0, 0.1) is 5.41 Å². The maximum absolute atomic E-state index is 13.0. The molecule has 1 aliphatic heterocycles. The van der Waals surface area contributed by atoms with Crippen molar-refractivity contribution in [1.82, 2.24) is 4.90 Å². The van der Waals surface area contributed by atoms with Crippen molar-refractivity contribution in [2.24, 2.45) is 5.41 Å². The van der Waals surface area contributed by atoms with E-state index >= 15 is 0 Å². The van der Waals surface area contributed by atoms with E-state index in [9.17, 15) is 9.18 Å². The summed E-state index contributed by atoms with van der Waals surface area (Å²) in [6.07, 6.45) is 4.89. The van der Waals surface area contributed by atoms with E-state index in [4.69, 9.17) is 4.74 Å². The number of amides is 1. The molecule has 0 aromatic heterocycles. The molecule has 0 aromatic carbocycles. The van der Waals surface area contributed by atoms with E-state index in [2.05, 4.69) is 0 Å². The van der Waals surface area contributed by atoms with E-state index in [0.717, 1.165) is 0 Å². The van der Waals surface area contributed by atoms with Crippen molar-refractivity contribution >= 4 is 6.09 Å². The van der Waals surface area contributed by atoms with Crippen LogP contribution < -0.4 is 0 Å². The zero-order valence-corrected chi connectivity index (χ0v) is 11.3. The normalized spacial score (nSPS) is 36.0. The first-order valence-corrected chi connectivity index (χ1v) is 6.39. The summed E-state index contributed by atoms with van der Waals surface area (Å²) < 4.78 is 18.6. The Labute approximate surface area is 107 Å². The van der Waals surface area contributed by atoms with Crippen molar-refractivity contribution in [3.63, 3.8) is 0 Å². The minimum Gasteiger partial charge on any atom is -0.443 e. The third-order valence-corrected chi connectivity index (χ3v) is 3.88. The summed E-state index contributed by atoms with van der Waals surface area (Å²) in [5.74, 6) is -0.217. The second-order valence-electron chi connectivity index (χ2n) is 5.68. The first-order chi connectivity index (χ1) is 8.35. The quantitative estimate of drug-likeness (QED) is 0.754. The van der Waals surface area contributed by atoms with E-state index in [1.165, 1.54) is 6.08 Å². The smallest absolute Gasteiger partial charge is 0.410 e. The molecule has 3 atom stereocenters. The van der Waals surface area contributed by atoms with E-state index in [1.807, 2.05) is 33.8 Å². The molecule has 0 bridgehead atoms. The molecule has 1 heterocycles. The molecule has 1 aliphatic carbocycles. The summed E-state index contributed by atoms with van der Waals surface area (Å²) in [6.45, 7) is 7.94. The Bertz CT molecular complexity index is 416. The first-order valence-electron chi connectivity index (χ1n) is 6.39. The molecule has 0 radical (unpaired) electrons. The highest BCUT2D eigenvalue weighted by Crippen LogP contribution is 2.41. The predicted octanol–water partition coefficient (Wildman–Crippen LogP) is 3.42. The predicted molar refractivity (Wildman–Crippen MR) is 67.8 cm³/mol. The molecule has 1 unspecified atom stereocenters. The second-order valence-corrected chi connectivity index (χ2v) is 5.68. The average molecular weight is 253 g/mol. The molecule has 0 aromatic rings. The highest BCUT2D eigenvalue weighted by Gasteiger charge is 2.48. The van der Waals surface area contributed by atoms with Crippen molar-refractivity contribution in [3.8, 4) is 0 Å². The molecule has 0 N–H and O–H groups in total. The third-order valence-electron chi connectivity index (χ3n) is 3.88. The van der Waals surface area contributed by atoms with Crippen LogP contribution in [0.4, 0.5) is 9.18 Å². The highest BCUT2D eigenvalue weighted by molar-refractivity contribution is 5.71. The Morgan fingerprint density at radius 1 is 1.56 bits per heavy atom. The molecule has 0 saturated carbocycles. The van der Waals surface area contributed by atoms with Crippen LogP contribution in [0.25, 0.3) is 0 Å². The Balaban J connectivity index is 2.21. The van der Waals surface area contributed by atoms with Gasteiger partial charge in [-0.05, 0) is 39.3 Å². The summed E-state index contributed by atoms with van der Waals surface area (Å²) in [5, 5.41) is 0. The molecule has 0 spiro atoms. The number of allylic oxidation sites excluding steroid dienone is 3. The Morgan fingerprint density at radius 2 is 2.22 bits per heavy atom. The summed E-state index contributed by atoms with van der Waals surface area (Å²) >= 11 is 0. The van der Waals surface area contributed by atoms with Gasteiger partial charge in [0.2, 0.25) is 0 Å². The molecule has 18 heavy (non-hydrogen) atoms. The molecular weight excluding hydrogens is 233 g/mol. The lowest BCUT2D eigenvalue weighted by molar-refractivity contribution is 0.0643. The van der Waals surface area contributed by atoms with Crippen LogP contribution in [0.3, 0.4) is 0 Å². The minimum atomic E-state index is -0.325. The number of hydrogen-bond acceptors (Lipinski definition) is 2. The van der Waals surface area contributed by atoms with Gasteiger partial charge < -0.3 is 4.74 Å². The number of halogens is 1. The number of cyclic esters (lactones) is 1. The van der Waals surface area contributed by atoms with Crippen molar-refractivity contribution in [2.75, 3.05) is 0 Å². The number of carbonyl (C=O) groups is 1. The average Bonchev–Trinajstić information content (AvgIpc) is 2.59. The van der Waals surface area contributed by atoms with Gasteiger partial charge in [0.25, 0.3) is 0 Å². The number of ether oxygens (including phenoxy) is 1. The molecule has 3 nitrogen and oxygen atoms in total. The van der Waals surface area contributed by atoms with E-state index in [1.54, 1.807) is 11.0 Å². The minimum absolute atomic E-state index is 0.00158. The van der Waals surface area contributed by atoms with Gasteiger partial charge >= 0.3 is 6.09 Å². The topological polar surface area (TPSA) is 29.5 Å². The van der Waals surface area contributed by atoms with Crippen molar-refractivity contribution in [1.29, 1.82) is 0 Å². The molecule has 4 heteroatoms. The molecule has 2 aliphatic rings. The van der Waals surface area contributed by atoms with Crippen LogP contribution in [-0.4, -0.2) is 29.2 Å².